The van der Waals surface area contributed by atoms with Gasteiger partial charge in [-0.1, -0.05) is 11.6 Å². The molecule has 0 bridgehead atoms. The van der Waals surface area contributed by atoms with Gasteiger partial charge < -0.3 is 16.0 Å². The Morgan fingerprint density at radius 3 is 2.57 bits per heavy atom. The summed E-state index contributed by atoms with van der Waals surface area (Å²) in [4.78, 5) is 14.6. The Bertz CT molecular complexity index is 632. The van der Waals surface area contributed by atoms with E-state index in [1.165, 1.54) is 0 Å². The Morgan fingerprint density at radius 2 is 1.95 bits per heavy atom. The second-order valence-electron chi connectivity index (χ2n) is 4.24. The maximum absolute atomic E-state index is 6.20. The van der Waals surface area contributed by atoms with E-state index in [0.29, 0.717) is 16.9 Å². The molecule has 0 saturated heterocycles. The van der Waals surface area contributed by atoms with E-state index in [9.17, 15) is 0 Å². The number of benzene rings is 1. The molecule has 1 aromatic heterocycles. The molecule has 0 unspecified atom stereocenters. The Balaban J connectivity index is 2.31. The SMILES string of the molecule is CCN(CC)c1nc(N)nc(Nc2ccc(I)cc2Cl)n1. The molecule has 6 nitrogen and oxygen atoms in total. The average molecular weight is 419 g/mol. The van der Waals surface area contributed by atoms with E-state index in [0.717, 1.165) is 22.3 Å². The molecule has 0 aliphatic carbocycles. The van der Waals surface area contributed by atoms with Crippen LogP contribution in [0.4, 0.5) is 23.5 Å². The highest BCUT2D eigenvalue weighted by Crippen LogP contribution is 2.26. The van der Waals surface area contributed by atoms with Crippen molar-refractivity contribution in [2.24, 2.45) is 0 Å². The van der Waals surface area contributed by atoms with Gasteiger partial charge in [-0.3, -0.25) is 0 Å². The predicted molar refractivity (Wildman–Crippen MR) is 95.3 cm³/mol. The molecule has 21 heavy (non-hydrogen) atoms. The van der Waals surface area contributed by atoms with E-state index < -0.39 is 0 Å². The Hall–Kier alpha value is -1.35. The Labute approximate surface area is 142 Å². The molecular weight excluding hydrogens is 403 g/mol. The number of halogens is 2. The van der Waals surface area contributed by atoms with Crippen LogP contribution in [0.15, 0.2) is 18.2 Å². The zero-order chi connectivity index (χ0) is 15.4. The topological polar surface area (TPSA) is 80.0 Å². The minimum atomic E-state index is 0.177. The normalized spacial score (nSPS) is 10.5. The number of nitrogen functional groups attached to an aromatic ring is 1. The number of hydrogen-bond acceptors (Lipinski definition) is 6. The summed E-state index contributed by atoms with van der Waals surface area (Å²) in [6.45, 7) is 5.66. The van der Waals surface area contributed by atoms with Crippen molar-refractivity contribution in [1.82, 2.24) is 15.0 Å². The maximum atomic E-state index is 6.20. The molecule has 1 aromatic carbocycles. The summed E-state index contributed by atoms with van der Waals surface area (Å²) in [5.74, 6) is 1.11. The van der Waals surface area contributed by atoms with Crippen molar-refractivity contribution >= 4 is 57.7 Å². The minimum Gasteiger partial charge on any atom is -0.368 e. The first-order valence-electron chi connectivity index (χ1n) is 6.52. The number of rotatable bonds is 5. The van der Waals surface area contributed by atoms with E-state index in [-0.39, 0.29) is 5.95 Å². The number of anilines is 4. The van der Waals surface area contributed by atoms with Gasteiger partial charge in [-0.2, -0.15) is 15.0 Å². The number of hydrogen-bond donors (Lipinski definition) is 2. The van der Waals surface area contributed by atoms with Gasteiger partial charge in [0.1, 0.15) is 0 Å². The molecule has 112 valence electrons. The highest BCUT2D eigenvalue weighted by atomic mass is 127. The van der Waals surface area contributed by atoms with E-state index >= 15 is 0 Å². The fourth-order valence-electron chi connectivity index (χ4n) is 1.80. The van der Waals surface area contributed by atoms with Crippen LogP contribution in [0, 0.1) is 3.57 Å². The fraction of sp³-hybridized carbons (Fsp3) is 0.308. The smallest absolute Gasteiger partial charge is 0.233 e. The quantitative estimate of drug-likeness (QED) is 0.725. The van der Waals surface area contributed by atoms with Crippen molar-refractivity contribution in [2.45, 2.75) is 13.8 Å². The highest BCUT2D eigenvalue weighted by molar-refractivity contribution is 14.1. The molecule has 3 N–H and O–H groups in total. The monoisotopic (exact) mass is 418 g/mol. The summed E-state index contributed by atoms with van der Waals surface area (Å²) < 4.78 is 1.06. The molecule has 2 rings (SSSR count). The molecule has 1 heterocycles. The van der Waals surface area contributed by atoms with E-state index in [1.807, 2.05) is 36.9 Å². The summed E-state index contributed by atoms with van der Waals surface area (Å²) in [7, 11) is 0. The zero-order valence-electron chi connectivity index (χ0n) is 11.8. The predicted octanol–water partition coefficient (Wildman–Crippen LogP) is 3.30. The summed E-state index contributed by atoms with van der Waals surface area (Å²) in [6, 6.07) is 5.69. The summed E-state index contributed by atoms with van der Waals surface area (Å²) in [6.07, 6.45) is 0. The first-order valence-corrected chi connectivity index (χ1v) is 7.97. The molecule has 0 aliphatic heterocycles. The van der Waals surface area contributed by atoms with Gasteiger partial charge in [0.25, 0.3) is 0 Å². The van der Waals surface area contributed by atoms with Gasteiger partial charge in [-0.15, -0.1) is 0 Å². The third kappa shape index (κ3) is 4.07. The standard InChI is InChI=1S/C13H16ClIN6/c1-3-21(4-2)13-19-11(16)18-12(20-13)17-10-6-5-8(15)7-9(10)14/h5-7H,3-4H2,1-2H3,(H3,16,17,18,19,20). The van der Waals surface area contributed by atoms with Crippen LogP contribution in [0.3, 0.4) is 0 Å². The zero-order valence-corrected chi connectivity index (χ0v) is 14.7. The lowest BCUT2D eigenvalue weighted by Gasteiger charge is -2.19. The van der Waals surface area contributed by atoms with Crippen LogP contribution in [0.5, 0.6) is 0 Å². The molecule has 0 amide bonds. The van der Waals surface area contributed by atoms with Crippen LogP contribution >= 0.6 is 34.2 Å². The Kier molecular flexibility index (Phi) is 5.40. The van der Waals surface area contributed by atoms with Crippen molar-refractivity contribution in [3.63, 3.8) is 0 Å². The number of aromatic nitrogens is 3. The van der Waals surface area contributed by atoms with Crippen LogP contribution in [0.25, 0.3) is 0 Å². The lowest BCUT2D eigenvalue weighted by atomic mass is 10.3. The number of nitrogens with two attached hydrogens (primary N) is 1. The second-order valence-corrected chi connectivity index (χ2v) is 5.89. The molecule has 0 spiro atoms. The van der Waals surface area contributed by atoms with Crippen LogP contribution in [0.2, 0.25) is 5.02 Å². The summed E-state index contributed by atoms with van der Waals surface area (Å²) in [5, 5.41) is 3.68. The highest BCUT2D eigenvalue weighted by Gasteiger charge is 2.11. The van der Waals surface area contributed by atoms with Crippen LogP contribution < -0.4 is 16.0 Å². The van der Waals surface area contributed by atoms with Crippen LogP contribution in [-0.4, -0.2) is 28.0 Å². The molecule has 0 atom stereocenters. The number of nitrogens with zero attached hydrogens (tertiary/aromatic N) is 4. The van der Waals surface area contributed by atoms with Gasteiger partial charge in [0.05, 0.1) is 10.7 Å². The molecule has 0 fully saturated rings. The molecular formula is C13H16ClIN6. The molecule has 0 saturated carbocycles. The van der Waals surface area contributed by atoms with Crippen LogP contribution in [0.1, 0.15) is 13.8 Å². The van der Waals surface area contributed by atoms with Gasteiger partial charge in [-0.25, -0.2) is 0 Å². The van der Waals surface area contributed by atoms with Crippen molar-refractivity contribution in [3.8, 4) is 0 Å². The molecule has 0 radical (unpaired) electrons. The molecule has 8 heteroatoms. The largest absolute Gasteiger partial charge is 0.368 e. The Morgan fingerprint density at radius 1 is 1.24 bits per heavy atom. The van der Waals surface area contributed by atoms with E-state index in [1.54, 1.807) is 0 Å². The van der Waals surface area contributed by atoms with Crippen molar-refractivity contribution in [2.75, 3.05) is 29.0 Å². The minimum absolute atomic E-state index is 0.177. The van der Waals surface area contributed by atoms with Crippen molar-refractivity contribution in [1.29, 1.82) is 0 Å². The summed E-state index contributed by atoms with van der Waals surface area (Å²) in [5.41, 5.74) is 6.49. The third-order valence-electron chi connectivity index (χ3n) is 2.86. The molecule has 0 aliphatic rings. The second kappa shape index (κ2) is 7.08. The van der Waals surface area contributed by atoms with Gasteiger partial charge in [0, 0.05) is 16.7 Å². The lowest BCUT2D eigenvalue weighted by Crippen LogP contribution is -2.25. The van der Waals surface area contributed by atoms with Gasteiger partial charge in [0.15, 0.2) is 0 Å². The van der Waals surface area contributed by atoms with Crippen LogP contribution in [-0.2, 0) is 0 Å². The first kappa shape index (κ1) is 16.0. The van der Waals surface area contributed by atoms with Gasteiger partial charge in [-0.05, 0) is 54.6 Å². The fourth-order valence-corrected chi connectivity index (χ4v) is 2.70. The van der Waals surface area contributed by atoms with E-state index in [2.05, 4.69) is 42.9 Å². The first-order chi connectivity index (χ1) is 10.0. The van der Waals surface area contributed by atoms with Gasteiger partial charge in [0.2, 0.25) is 17.8 Å². The third-order valence-corrected chi connectivity index (χ3v) is 3.85. The average Bonchev–Trinajstić information content (AvgIpc) is 2.43. The van der Waals surface area contributed by atoms with Crippen molar-refractivity contribution < 1.29 is 0 Å². The lowest BCUT2D eigenvalue weighted by molar-refractivity contribution is 0.816. The summed E-state index contributed by atoms with van der Waals surface area (Å²) >= 11 is 8.40. The van der Waals surface area contributed by atoms with Crippen molar-refractivity contribution in [3.05, 3.63) is 26.8 Å². The molecule has 2 aromatic rings. The van der Waals surface area contributed by atoms with E-state index in [4.69, 9.17) is 17.3 Å². The van der Waals surface area contributed by atoms with Gasteiger partial charge >= 0.3 is 0 Å². The maximum Gasteiger partial charge on any atom is 0.233 e. The number of nitrogens with one attached hydrogen (secondary N) is 1.